The molecule has 0 amide bonds. The number of nitrogens with zero attached hydrogens (tertiary/aromatic N) is 3. The number of nitrogens with two attached hydrogens (primary N) is 1. The lowest BCUT2D eigenvalue weighted by Crippen LogP contribution is -2.12. The van der Waals surface area contributed by atoms with Crippen LogP contribution >= 0.6 is 11.6 Å². The third-order valence-electron chi connectivity index (χ3n) is 3.50. The molecule has 3 aromatic rings. The highest BCUT2D eigenvalue weighted by molar-refractivity contribution is 7.89. The van der Waals surface area contributed by atoms with Crippen molar-refractivity contribution in [1.29, 1.82) is 0 Å². The number of aromatic nitrogens is 2. The minimum absolute atomic E-state index is 0.0288. The van der Waals surface area contributed by atoms with Crippen molar-refractivity contribution in [3.8, 4) is 11.6 Å². The Labute approximate surface area is 165 Å². The van der Waals surface area contributed by atoms with E-state index in [1.807, 2.05) is 0 Å². The van der Waals surface area contributed by atoms with Crippen molar-refractivity contribution in [2.45, 2.75) is 11.8 Å². The first kappa shape index (κ1) is 19.9. The quantitative estimate of drug-likeness (QED) is 0.632. The van der Waals surface area contributed by atoms with E-state index in [0.717, 1.165) is 11.6 Å². The molecule has 3 rings (SSSR count). The predicted octanol–water partition coefficient (Wildman–Crippen LogP) is 3.77. The normalized spacial score (nSPS) is 11.7. The van der Waals surface area contributed by atoms with Crippen LogP contribution in [0, 0.1) is 12.7 Å². The first-order valence-corrected chi connectivity index (χ1v) is 9.77. The van der Waals surface area contributed by atoms with Crippen LogP contribution in [0.1, 0.15) is 11.3 Å². The number of primary sulfonamides is 1. The molecule has 7 nitrogen and oxygen atoms in total. The molecule has 144 valence electrons. The van der Waals surface area contributed by atoms with Crippen molar-refractivity contribution in [1.82, 2.24) is 9.97 Å². The molecule has 0 fully saturated rings. The van der Waals surface area contributed by atoms with Crippen molar-refractivity contribution >= 4 is 33.5 Å². The van der Waals surface area contributed by atoms with E-state index >= 15 is 0 Å². The standard InChI is InChI=1S/C18H14ClFN4O3S/c1-11-2-5-17(28(21,25)26)15(6-11)23-9-13-8-22-10-18(24-13)27-16-4-3-12(19)7-14(16)20/h2-10H,1H3,(H2,21,25,26). The van der Waals surface area contributed by atoms with E-state index in [0.29, 0.717) is 0 Å². The van der Waals surface area contributed by atoms with Gasteiger partial charge in [-0.25, -0.2) is 22.9 Å². The second kappa shape index (κ2) is 8.01. The zero-order valence-electron chi connectivity index (χ0n) is 14.5. The number of sulfonamides is 1. The maximum atomic E-state index is 13.8. The lowest BCUT2D eigenvalue weighted by molar-refractivity contribution is 0.425. The van der Waals surface area contributed by atoms with Gasteiger partial charge in [0, 0.05) is 5.02 Å². The SMILES string of the molecule is Cc1ccc(S(N)(=O)=O)c(N=Cc2cncc(Oc3ccc(Cl)cc3F)n2)c1. The fraction of sp³-hybridized carbons (Fsp3) is 0.0556. The number of benzene rings is 2. The number of halogens is 2. The molecule has 0 aliphatic carbocycles. The lowest BCUT2D eigenvalue weighted by Gasteiger charge is -2.06. The van der Waals surface area contributed by atoms with Gasteiger partial charge in [-0.05, 0) is 42.8 Å². The van der Waals surface area contributed by atoms with Crippen molar-refractivity contribution in [2.24, 2.45) is 10.1 Å². The molecule has 28 heavy (non-hydrogen) atoms. The minimum atomic E-state index is -3.94. The number of ether oxygens (including phenoxy) is 1. The van der Waals surface area contributed by atoms with Crippen molar-refractivity contribution in [3.63, 3.8) is 0 Å². The summed E-state index contributed by atoms with van der Waals surface area (Å²) in [6.07, 6.45) is 4.00. The number of aliphatic imine (C=N–C) groups is 1. The van der Waals surface area contributed by atoms with Crippen molar-refractivity contribution in [3.05, 3.63) is 70.9 Å². The van der Waals surface area contributed by atoms with Gasteiger partial charge in [-0.2, -0.15) is 0 Å². The van der Waals surface area contributed by atoms with Crippen LogP contribution in [0.25, 0.3) is 0 Å². The summed E-state index contributed by atoms with van der Waals surface area (Å²) in [5, 5.41) is 5.45. The summed E-state index contributed by atoms with van der Waals surface area (Å²) >= 11 is 5.71. The predicted molar refractivity (Wildman–Crippen MR) is 103 cm³/mol. The molecule has 2 N–H and O–H groups in total. The van der Waals surface area contributed by atoms with Gasteiger partial charge in [-0.3, -0.25) is 9.98 Å². The fourth-order valence-electron chi connectivity index (χ4n) is 2.25. The first-order chi connectivity index (χ1) is 13.2. The van der Waals surface area contributed by atoms with Crippen molar-refractivity contribution < 1.29 is 17.5 Å². The van der Waals surface area contributed by atoms with Crippen LogP contribution in [0.2, 0.25) is 5.02 Å². The van der Waals surface area contributed by atoms with Crippen molar-refractivity contribution in [2.75, 3.05) is 0 Å². The van der Waals surface area contributed by atoms with E-state index in [2.05, 4.69) is 15.0 Å². The number of hydrogen-bond donors (Lipinski definition) is 1. The zero-order chi connectivity index (χ0) is 20.3. The van der Waals surface area contributed by atoms with Gasteiger partial charge in [0.05, 0.1) is 24.3 Å². The Bertz CT molecular complexity index is 1170. The summed E-state index contributed by atoms with van der Waals surface area (Å²) in [6, 6.07) is 8.53. The molecule has 0 atom stereocenters. The second-order valence-corrected chi connectivity index (χ2v) is 7.70. The lowest BCUT2D eigenvalue weighted by atomic mass is 10.2. The Kier molecular flexibility index (Phi) is 5.68. The van der Waals surface area contributed by atoms with Gasteiger partial charge in [0.25, 0.3) is 0 Å². The molecule has 0 saturated carbocycles. The maximum absolute atomic E-state index is 13.8. The van der Waals surface area contributed by atoms with Gasteiger partial charge in [-0.15, -0.1) is 0 Å². The molecule has 10 heteroatoms. The zero-order valence-corrected chi connectivity index (χ0v) is 16.1. The molecule has 2 aromatic carbocycles. The van der Waals surface area contributed by atoms with E-state index in [1.54, 1.807) is 19.1 Å². The van der Waals surface area contributed by atoms with Gasteiger partial charge in [0.1, 0.15) is 10.6 Å². The average molecular weight is 421 g/mol. The van der Waals surface area contributed by atoms with Crippen LogP contribution in [0.4, 0.5) is 10.1 Å². The van der Waals surface area contributed by atoms with Gasteiger partial charge in [0.2, 0.25) is 15.9 Å². The first-order valence-electron chi connectivity index (χ1n) is 7.85. The molecule has 0 saturated heterocycles. The van der Waals surface area contributed by atoms with Crippen LogP contribution in [-0.4, -0.2) is 24.6 Å². The molecule has 0 unspecified atom stereocenters. The summed E-state index contributed by atoms with van der Waals surface area (Å²) in [5.74, 6) is -0.685. The summed E-state index contributed by atoms with van der Waals surface area (Å²) < 4.78 is 42.6. The van der Waals surface area contributed by atoms with Crippen LogP contribution in [0.15, 0.2) is 58.7 Å². The van der Waals surface area contributed by atoms with Crippen LogP contribution in [0.3, 0.4) is 0 Å². The van der Waals surface area contributed by atoms with Gasteiger partial charge < -0.3 is 4.74 Å². The van der Waals surface area contributed by atoms with Gasteiger partial charge in [0.15, 0.2) is 11.6 Å². The largest absolute Gasteiger partial charge is 0.434 e. The van der Waals surface area contributed by atoms with Crippen LogP contribution < -0.4 is 9.88 Å². The molecule has 0 spiro atoms. The highest BCUT2D eigenvalue weighted by atomic mass is 35.5. The molecule has 0 radical (unpaired) electrons. The summed E-state index contributed by atoms with van der Waals surface area (Å²) in [6.45, 7) is 1.79. The van der Waals surface area contributed by atoms with Gasteiger partial charge >= 0.3 is 0 Å². The van der Waals surface area contributed by atoms with Gasteiger partial charge in [-0.1, -0.05) is 17.7 Å². The third kappa shape index (κ3) is 4.89. The molecule has 0 bridgehead atoms. The molecule has 0 aliphatic heterocycles. The Morgan fingerprint density at radius 2 is 2.00 bits per heavy atom. The monoisotopic (exact) mass is 420 g/mol. The number of rotatable bonds is 5. The highest BCUT2D eigenvalue weighted by Crippen LogP contribution is 2.26. The van der Waals surface area contributed by atoms with E-state index in [1.165, 1.54) is 36.8 Å². The second-order valence-electron chi connectivity index (χ2n) is 5.73. The molecular weight excluding hydrogens is 407 g/mol. The topological polar surface area (TPSA) is 108 Å². The maximum Gasteiger partial charge on any atom is 0.240 e. The van der Waals surface area contributed by atoms with E-state index in [9.17, 15) is 12.8 Å². The Hall–Kier alpha value is -2.88. The van der Waals surface area contributed by atoms with Crippen LogP contribution in [-0.2, 0) is 10.0 Å². The number of hydrogen-bond acceptors (Lipinski definition) is 6. The summed E-state index contributed by atoms with van der Waals surface area (Å²) in [7, 11) is -3.94. The number of aryl methyl sites for hydroxylation is 1. The Morgan fingerprint density at radius 3 is 2.71 bits per heavy atom. The van der Waals surface area contributed by atoms with E-state index in [4.69, 9.17) is 21.5 Å². The smallest absolute Gasteiger partial charge is 0.240 e. The molecule has 1 heterocycles. The third-order valence-corrected chi connectivity index (χ3v) is 4.69. The summed E-state index contributed by atoms with van der Waals surface area (Å²) in [5.41, 5.74) is 1.24. The average Bonchev–Trinajstić information content (AvgIpc) is 2.62. The minimum Gasteiger partial charge on any atom is -0.434 e. The highest BCUT2D eigenvalue weighted by Gasteiger charge is 2.13. The molecular formula is C18H14ClFN4O3S. The summed E-state index contributed by atoms with van der Waals surface area (Å²) in [4.78, 5) is 12.1. The fourth-order valence-corrected chi connectivity index (χ4v) is 3.07. The van der Waals surface area contributed by atoms with E-state index < -0.39 is 15.8 Å². The Morgan fingerprint density at radius 1 is 1.21 bits per heavy atom. The Balaban J connectivity index is 1.88. The van der Waals surface area contributed by atoms with E-state index in [-0.39, 0.29) is 32.9 Å². The molecule has 1 aromatic heterocycles. The van der Waals surface area contributed by atoms with Crippen LogP contribution in [0.5, 0.6) is 11.6 Å². The molecule has 0 aliphatic rings.